The van der Waals surface area contributed by atoms with Gasteiger partial charge in [0.2, 0.25) is 0 Å². The quantitative estimate of drug-likeness (QED) is 0.824. The lowest BCUT2D eigenvalue weighted by molar-refractivity contribution is 0.0954. The fourth-order valence-corrected chi connectivity index (χ4v) is 2.45. The Hall–Kier alpha value is -1.52. The standard InChI is InChI=1S/C15H14BrClN2O/c16-12-7-11(8-14(18)9-12)15(20)19-6-5-10-1-3-13(17)4-2-10/h1-4,7-9H,5-6,18H2,(H,19,20). The third-order valence-electron chi connectivity index (χ3n) is 2.79. The minimum absolute atomic E-state index is 0.132. The summed E-state index contributed by atoms with van der Waals surface area (Å²) >= 11 is 9.14. The van der Waals surface area contributed by atoms with Crippen molar-refractivity contribution in [2.45, 2.75) is 6.42 Å². The first-order chi connectivity index (χ1) is 9.54. The monoisotopic (exact) mass is 352 g/mol. The van der Waals surface area contributed by atoms with Crippen molar-refractivity contribution >= 4 is 39.1 Å². The van der Waals surface area contributed by atoms with Crippen LogP contribution >= 0.6 is 27.5 Å². The number of benzene rings is 2. The van der Waals surface area contributed by atoms with E-state index in [4.69, 9.17) is 17.3 Å². The van der Waals surface area contributed by atoms with Crippen LogP contribution in [0.1, 0.15) is 15.9 Å². The Labute approximate surface area is 131 Å². The van der Waals surface area contributed by atoms with Crippen molar-refractivity contribution in [2.75, 3.05) is 12.3 Å². The number of rotatable bonds is 4. The van der Waals surface area contributed by atoms with Crippen LogP contribution in [0.25, 0.3) is 0 Å². The highest BCUT2D eigenvalue weighted by Gasteiger charge is 2.06. The molecule has 0 atom stereocenters. The van der Waals surface area contributed by atoms with Gasteiger partial charge in [0, 0.05) is 27.3 Å². The van der Waals surface area contributed by atoms with Crippen molar-refractivity contribution in [3.63, 3.8) is 0 Å². The van der Waals surface area contributed by atoms with E-state index in [0.29, 0.717) is 22.8 Å². The number of anilines is 1. The highest BCUT2D eigenvalue weighted by atomic mass is 79.9. The van der Waals surface area contributed by atoms with Gasteiger partial charge in [-0.05, 0) is 42.3 Å². The normalized spacial score (nSPS) is 10.3. The van der Waals surface area contributed by atoms with Crippen LogP contribution in [-0.4, -0.2) is 12.5 Å². The summed E-state index contributed by atoms with van der Waals surface area (Å²) in [6.07, 6.45) is 0.756. The molecule has 2 aromatic rings. The molecule has 0 heterocycles. The Kier molecular flexibility index (Phi) is 5.04. The molecule has 0 saturated heterocycles. The smallest absolute Gasteiger partial charge is 0.251 e. The third-order valence-corrected chi connectivity index (χ3v) is 3.50. The number of hydrogen-bond acceptors (Lipinski definition) is 2. The molecule has 2 aromatic carbocycles. The number of carbonyl (C=O) groups excluding carboxylic acids is 1. The summed E-state index contributed by atoms with van der Waals surface area (Å²) in [7, 11) is 0. The molecule has 2 rings (SSSR count). The van der Waals surface area contributed by atoms with E-state index in [2.05, 4.69) is 21.2 Å². The van der Waals surface area contributed by atoms with Crippen LogP contribution in [0.3, 0.4) is 0 Å². The highest BCUT2D eigenvalue weighted by Crippen LogP contribution is 2.17. The van der Waals surface area contributed by atoms with E-state index in [1.54, 1.807) is 18.2 Å². The molecule has 0 aliphatic rings. The van der Waals surface area contributed by atoms with Crippen molar-refractivity contribution < 1.29 is 4.79 Å². The summed E-state index contributed by atoms with van der Waals surface area (Å²) in [4.78, 5) is 12.0. The molecule has 0 radical (unpaired) electrons. The Balaban J connectivity index is 1.90. The van der Waals surface area contributed by atoms with E-state index >= 15 is 0 Å². The first-order valence-electron chi connectivity index (χ1n) is 6.13. The van der Waals surface area contributed by atoms with Gasteiger partial charge in [0.25, 0.3) is 5.91 Å². The van der Waals surface area contributed by atoms with Gasteiger partial charge in [-0.25, -0.2) is 0 Å². The summed E-state index contributed by atoms with van der Waals surface area (Å²) < 4.78 is 0.792. The number of carbonyl (C=O) groups is 1. The van der Waals surface area contributed by atoms with Gasteiger partial charge in [-0.3, -0.25) is 4.79 Å². The van der Waals surface area contributed by atoms with Crippen molar-refractivity contribution in [2.24, 2.45) is 0 Å². The van der Waals surface area contributed by atoms with E-state index in [1.807, 2.05) is 24.3 Å². The van der Waals surface area contributed by atoms with Gasteiger partial charge >= 0.3 is 0 Å². The summed E-state index contributed by atoms with van der Waals surface area (Å²) in [5, 5.41) is 3.58. The van der Waals surface area contributed by atoms with Crippen LogP contribution in [0, 0.1) is 0 Å². The minimum Gasteiger partial charge on any atom is -0.399 e. The largest absolute Gasteiger partial charge is 0.399 e. The van der Waals surface area contributed by atoms with Crippen molar-refractivity contribution in [1.82, 2.24) is 5.32 Å². The predicted molar refractivity (Wildman–Crippen MR) is 86.0 cm³/mol. The molecule has 1 amide bonds. The van der Waals surface area contributed by atoms with Crippen molar-refractivity contribution in [1.29, 1.82) is 0 Å². The van der Waals surface area contributed by atoms with Crippen LogP contribution in [0.4, 0.5) is 5.69 Å². The maximum atomic E-state index is 12.0. The molecule has 3 nitrogen and oxygen atoms in total. The Morgan fingerprint density at radius 1 is 1.20 bits per heavy atom. The van der Waals surface area contributed by atoms with Gasteiger partial charge in [0.05, 0.1) is 0 Å². The van der Waals surface area contributed by atoms with Crippen LogP contribution in [0.2, 0.25) is 5.02 Å². The second-order valence-corrected chi connectivity index (χ2v) is 5.76. The fourth-order valence-electron chi connectivity index (χ4n) is 1.82. The van der Waals surface area contributed by atoms with Crippen LogP contribution in [0.5, 0.6) is 0 Å². The van der Waals surface area contributed by atoms with Gasteiger partial charge in [-0.1, -0.05) is 39.7 Å². The molecule has 104 valence electrons. The Bertz CT molecular complexity index is 594. The third kappa shape index (κ3) is 4.25. The molecular weight excluding hydrogens is 340 g/mol. The van der Waals surface area contributed by atoms with Crippen molar-refractivity contribution in [3.8, 4) is 0 Å². The molecule has 0 saturated carbocycles. The van der Waals surface area contributed by atoms with Gasteiger partial charge in [0.1, 0.15) is 0 Å². The molecular formula is C15H14BrClN2O. The lowest BCUT2D eigenvalue weighted by Gasteiger charge is -2.07. The van der Waals surface area contributed by atoms with E-state index in [1.165, 1.54) is 0 Å². The molecule has 0 fully saturated rings. The summed E-state index contributed by atoms with van der Waals surface area (Å²) in [6.45, 7) is 0.562. The highest BCUT2D eigenvalue weighted by molar-refractivity contribution is 9.10. The van der Waals surface area contributed by atoms with Gasteiger partial charge in [-0.2, -0.15) is 0 Å². The molecule has 0 spiro atoms. The zero-order chi connectivity index (χ0) is 14.5. The summed E-state index contributed by atoms with van der Waals surface area (Å²) in [5.41, 5.74) is 7.94. The molecule has 0 unspecified atom stereocenters. The molecule has 0 aromatic heterocycles. The average Bonchev–Trinajstić information content (AvgIpc) is 2.40. The molecule has 0 bridgehead atoms. The number of nitrogen functional groups attached to an aromatic ring is 1. The molecule has 20 heavy (non-hydrogen) atoms. The zero-order valence-electron chi connectivity index (χ0n) is 10.7. The Morgan fingerprint density at radius 2 is 1.90 bits per heavy atom. The first-order valence-corrected chi connectivity index (χ1v) is 7.30. The summed E-state index contributed by atoms with van der Waals surface area (Å²) in [5.74, 6) is -0.132. The molecule has 0 aliphatic heterocycles. The van der Waals surface area contributed by atoms with Gasteiger partial charge in [-0.15, -0.1) is 0 Å². The summed E-state index contributed by atoms with van der Waals surface area (Å²) in [6, 6.07) is 12.7. The minimum atomic E-state index is -0.132. The number of halogens is 2. The molecule has 5 heteroatoms. The molecule has 0 aliphatic carbocycles. The van der Waals surface area contributed by atoms with Crippen LogP contribution in [-0.2, 0) is 6.42 Å². The SMILES string of the molecule is Nc1cc(Br)cc(C(=O)NCCc2ccc(Cl)cc2)c1. The average molecular weight is 354 g/mol. The van der Waals surface area contributed by atoms with Gasteiger partial charge in [0.15, 0.2) is 0 Å². The number of amides is 1. The maximum absolute atomic E-state index is 12.0. The van der Waals surface area contributed by atoms with E-state index in [0.717, 1.165) is 16.5 Å². The molecule has 3 N–H and O–H groups in total. The fraction of sp³-hybridized carbons (Fsp3) is 0.133. The predicted octanol–water partition coefficient (Wildman–Crippen LogP) is 3.66. The van der Waals surface area contributed by atoms with Crippen LogP contribution < -0.4 is 11.1 Å². The second kappa shape index (κ2) is 6.77. The Morgan fingerprint density at radius 3 is 2.55 bits per heavy atom. The lowest BCUT2D eigenvalue weighted by atomic mass is 10.1. The van der Waals surface area contributed by atoms with Gasteiger partial charge < -0.3 is 11.1 Å². The topological polar surface area (TPSA) is 55.1 Å². The first kappa shape index (κ1) is 14.9. The van der Waals surface area contributed by atoms with E-state index in [-0.39, 0.29) is 5.91 Å². The van der Waals surface area contributed by atoms with E-state index in [9.17, 15) is 4.79 Å². The van der Waals surface area contributed by atoms with Crippen molar-refractivity contribution in [3.05, 3.63) is 63.1 Å². The van der Waals surface area contributed by atoms with E-state index < -0.39 is 0 Å². The van der Waals surface area contributed by atoms with Crippen LogP contribution in [0.15, 0.2) is 46.9 Å². The lowest BCUT2D eigenvalue weighted by Crippen LogP contribution is -2.25. The second-order valence-electron chi connectivity index (χ2n) is 4.41. The number of nitrogens with two attached hydrogens (primary N) is 1. The number of nitrogens with one attached hydrogen (secondary N) is 1. The maximum Gasteiger partial charge on any atom is 0.251 e. The number of hydrogen-bond donors (Lipinski definition) is 2. The zero-order valence-corrected chi connectivity index (χ0v) is 13.0.